The van der Waals surface area contributed by atoms with Crippen molar-refractivity contribution < 1.29 is 14.3 Å². The molecule has 0 saturated carbocycles. The number of aryl methyl sites for hydroxylation is 1. The number of pyridine rings is 1. The van der Waals surface area contributed by atoms with Gasteiger partial charge >= 0.3 is 0 Å². The van der Waals surface area contributed by atoms with E-state index in [4.69, 9.17) is 4.42 Å². The SMILES string of the molecule is Cc1nc(C(=O)N(C)C[C@@]2(O)CCCN(c3ccccn3)C2)co1. The zero-order valence-electron chi connectivity index (χ0n) is 14.0. The quantitative estimate of drug-likeness (QED) is 0.914. The summed E-state index contributed by atoms with van der Waals surface area (Å²) in [4.78, 5) is 24.3. The summed E-state index contributed by atoms with van der Waals surface area (Å²) >= 11 is 0. The van der Waals surface area contributed by atoms with Crippen LogP contribution in [0.1, 0.15) is 29.2 Å². The molecule has 3 heterocycles. The second-order valence-corrected chi connectivity index (χ2v) is 6.35. The highest BCUT2D eigenvalue weighted by atomic mass is 16.3. The largest absolute Gasteiger partial charge is 0.448 e. The summed E-state index contributed by atoms with van der Waals surface area (Å²) in [5.74, 6) is 1.04. The normalized spacial score (nSPS) is 20.9. The average Bonchev–Trinajstić information content (AvgIpc) is 3.01. The summed E-state index contributed by atoms with van der Waals surface area (Å²) in [5.41, 5.74) is -0.713. The maximum atomic E-state index is 12.4. The van der Waals surface area contributed by atoms with Crippen LogP contribution in [-0.2, 0) is 0 Å². The second-order valence-electron chi connectivity index (χ2n) is 6.35. The van der Waals surface area contributed by atoms with E-state index < -0.39 is 5.60 Å². The van der Waals surface area contributed by atoms with E-state index in [0.717, 1.165) is 18.8 Å². The number of carbonyl (C=O) groups excluding carboxylic acids is 1. The molecule has 1 amide bonds. The molecule has 0 bridgehead atoms. The monoisotopic (exact) mass is 330 g/mol. The van der Waals surface area contributed by atoms with Crippen LogP contribution in [0.5, 0.6) is 0 Å². The standard InChI is InChI=1S/C17H22N4O3/c1-13-19-14(10-24-13)16(22)20(2)11-17(23)7-5-9-21(12-17)15-6-3-4-8-18-15/h3-4,6,8,10,23H,5,7,9,11-12H2,1-2H3/t17-/m0/s1. The molecule has 0 radical (unpaired) electrons. The Kier molecular flexibility index (Phi) is 4.53. The first-order valence-electron chi connectivity index (χ1n) is 8.03. The topological polar surface area (TPSA) is 82.7 Å². The Bertz CT molecular complexity index is 703. The second kappa shape index (κ2) is 6.60. The van der Waals surface area contributed by atoms with Gasteiger partial charge in [0, 0.05) is 33.3 Å². The molecule has 0 unspecified atom stereocenters. The Morgan fingerprint density at radius 3 is 3.00 bits per heavy atom. The number of amides is 1. The van der Waals surface area contributed by atoms with E-state index in [-0.39, 0.29) is 18.1 Å². The maximum Gasteiger partial charge on any atom is 0.275 e. The fourth-order valence-electron chi connectivity index (χ4n) is 3.15. The zero-order valence-corrected chi connectivity index (χ0v) is 14.0. The number of hydrogen-bond acceptors (Lipinski definition) is 6. The first-order chi connectivity index (χ1) is 11.5. The highest BCUT2D eigenvalue weighted by Crippen LogP contribution is 2.25. The van der Waals surface area contributed by atoms with Crippen LogP contribution in [0.2, 0.25) is 0 Å². The molecule has 128 valence electrons. The van der Waals surface area contributed by atoms with E-state index in [1.165, 1.54) is 11.2 Å². The van der Waals surface area contributed by atoms with Crippen LogP contribution in [0, 0.1) is 6.92 Å². The predicted octanol–water partition coefficient (Wildman–Crippen LogP) is 1.48. The van der Waals surface area contributed by atoms with E-state index in [1.807, 2.05) is 18.2 Å². The molecule has 0 aromatic carbocycles. The van der Waals surface area contributed by atoms with E-state index in [2.05, 4.69) is 14.9 Å². The molecule has 1 N–H and O–H groups in total. The van der Waals surface area contributed by atoms with Crippen molar-refractivity contribution in [2.45, 2.75) is 25.4 Å². The van der Waals surface area contributed by atoms with Crippen molar-refractivity contribution in [3.63, 3.8) is 0 Å². The van der Waals surface area contributed by atoms with Crippen molar-refractivity contribution in [2.24, 2.45) is 0 Å². The third-order valence-electron chi connectivity index (χ3n) is 4.24. The summed E-state index contributed by atoms with van der Waals surface area (Å²) < 4.78 is 5.09. The highest BCUT2D eigenvalue weighted by Gasteiger charge is 2.36. The van der Waals surface area contributed by atoms with Gasteiger partial charge < -0.3 is 19.3 Å². The van der Waals surface area contributed by atoms with E-state index in [0.29, 0.717) is 18.9 Å². The van der Waals surface area contributed by atoms with Crippen molar-refractivity contribution in [2.75, 3.05) is 31.6 Å². The molecule has 1 aliphatic heterocycles. The number of rotatable bonds is 4. The average molecular weight is 330 g/mol. The van der Waals surface area contributed by atoms with Crippen molar-refractivity contribution >= 4 is 11.7 Å². The summed E-state index contributed by atoms with van der Waals surface area (Å²) in [7, 11) is 1.67. The minimum atomic E-state index is -0.973. The van der Waals surface area contributed by atoms with Crippen LogP contribution in [-0.4, -0.2) is 58.2 Å². The number of aliphatic hydroxyl groups is 1. The number of anilines is 1. The molecule has 1 fully saturated rings. The number of piperidine rings is 1. The Balaban J connectivity index is 1.67. The summed E-state index contributed by atoms with van der Waals surface area (Å²) in [6.07, 6.45) is 4.58. The summed E-state index contributed by atoms with van der Waals surface area (Å²) in [6.45, 7) is 3.22. The molecule has 0 aliphatic carbocycles. The van der Waals surface area contributed by atoms with Crippen molar-refractivity contribution in [1.82, 2.24) is 14.9 Å². The number of nitrogens with zero attached hydrogens (tertiary/aromatic N) is 4. The number of oxazole rings is 1. The first kappa shape index (κ1) is 16.4. The van der Waals surface area contributed by atoms with Gasteiger partial charge in [-0.2, -0.15) is 0 Å². The fraction of sp³-hybridized carbons (Fsp3) is 0.471. The lowest BCUT2D eigenvalue weighted by atomic mass is 9.92. The molecule has 1 aliphatic rings. The van der Waals surface area contributed by atoms with Crippen molar-refractivity contribution in [1.29, 1.82) is 0 Å². The van der Waals surface area contributed by atoms with Gasteiger partial charge in [0.15, 0.2) is 11.6 Å². The van der Waals surface area contributed by atoms with Crippen LogP contribution >= 0.6 is 0 Å². The van der Waals surface area contributed by atoms with Crippen LogP contribution in [0.25, 0.3) is 0 Å². The van der Waals surface area contributed by atoms with E-state index in [1.54, 1.807) is 20.2 Å². The van der Waals surface area contributed by atoms with E-state index in [9.17, 15) is 9.90 Å². The van der Waals surface area contributed by atoms with Crippen LogP contribution < -0.4 is 4.90 Å². The molecular formula is C17H22N4O3. The fourth-order valence-corrected chi connectivity index (χ4v) is 3.15. The Hall–Kier alpha value is -2.41. The van der Waals surface area contributed by atoms with Crippen molar-refractivity contribution in [3.8, 4) is 0 Å². The molecule has 3 rings (SSSR count). The highest BCUT2D eigenvalue weighted by molar-refractivity contribution is 5.91. The third-order valence-corrected chi connectivity index (χ3v) is 4.24. The summed E-state index contributed by atoms with van der Waals surface area (Å²) in [5, 5.41) is 11.0. The minimum absolute atomic E-state index is 0.237. The lowest BCUT2D eigenvalue weighted by molar-refractivity contribution is -0.000281. The molecule has 24 heavy (non-hydrogen) atoms. The molecule has 7 heteroatoms. The number of β-amino-alcohol motifs (C(OH)–C–C–N with tert-alkyl or cyclic N) is 1. The van der Waals surface area contributed by atoms with Crippen LogP contribution in [0.4, 0.5) is 5.82 Å². The lowest BCUT2D eigenvalue weighted by Gasteiger charge is -2.41. The van der Waals surface area contributed by atoms with Gasteiger partial charge in [0.25, 0.3) is 5.91 Å². The first-order valence-corrected chi connectivity index (χ1v) is 8.03. The molecule has 1 atom stereocenters. The molecular weight excluding hydrogens is 308 g/mol. The van der Waals surface area contributed by atoms with Crippen LogP contribution in [0.15, 0.2) is 35.1 Å². The van der Waals surface area contributed by atoms with Gasteiger partial charge in [-0.15, -0.1) is 0 Å². The van der Waals surface area contributed by atoms with Gasteiger partial charge in [0.1, 0.15) is 12.1 Å². The third kappa shape index (κ3) is 3.56. The van der Waals surface area contributed by atoms with Gasteiger partial charge in [-0.25, -0.2) is 9.97 Å². The Morgan fingerprint density at radius 1 is 1.50 bits per heavy atom. The zero-order chi connectivity index (χ0) is 17.2. The Morgan fingerprint density at radius 2 is 2.33 bits per heavy atom. The number of carbonyl (C=O) groups is 1. The molecule has 7 nitrogen and oxygen atoms in total. The minimum Gasteiger partial charge on any atom is -0.448 e. The van der Waals surface area contributed by atoms with E-state index >= 15 is 0 Å². The molecule has 2 aromatic heterocycles. The van der Waals surface area contributed by atoms with Gasteiger partial charge in [-0.3, -0.25) is 4.79 Å². The number of likely N-dealkylation sites (N-methyl/N-ethyl adjacent to an activating group) is 1. The predicted molar refractivity (Wildman–Crippen MR) is 88.8 cm³/mol. The van der Waals surface area contributed by atoms with Crippen molar-refractivity contribution in [3.05, 3.63) is 42.2 Å². The van der Waals surface area contributed by atoms with Gasteiger partial charge in [-0.05, 0) is 25.0 Å². The molecule has 1 saturated heterocycles. The van der Waals surface area contributed by atoms with Crippen LogP contribution in [0.3, 0.4) is 0 Å². The number of hydrogen-bond donors (Lipinski definition) is 1. The van der Waals surface area contributed by atoms with Gasteiger partial charge in [0.05, 0.1) is 12.1 Å². The van der Waals surface area contributed by atoms with Gasteiger partial charge in [0.2, 0.25) is 0 Å². The summed E-state index contributed by atoms with van der Waals surface area (Å²) in [6, 6.07) is 5.73. The maximum absolute atomic E-state index is 12.4. The lowest BCUT2D eigenvalue weighted by Crippen LogP contribution is -2.54. The smallest absolute Gasteiger partial charge is 0.275 e. The van der Waals surface area contributed by atoms with Gasteiger partial charge in [-0.1, -0.05) is 6.07 Å². The Labute approximate surface area is 140 Å². The molecule has 0 spiro atoms. The molecule has 2 aromatic rings. The number of aromatic nitrogens is 2.